The SMILES string of the molecule is O=c1cccccc1[O-].O=c1cccccc1[O-].O=c1cccccc1[O-].[Eu+3]. The molecule has 0 radical (unpaired) electrons. The molecule has 0 heterocycles. The summed E-state index contributed by atoms with van der Waals surface area (Å²) < 4.78 is 0. The zero-order valence-electron chi connectivity index (χ0n) is 14.5. The van der Waals surface area contributed by atoms with Crippen LogP contribution in [0, 0.1) is 49.4 Å². The normalized spacial score (nSPS) is 8.57. The number of hydrogen-bond acceptors (Lipinski definition) is 6. The van der Waals surface area contributed by atoms with Crippen molar-refractivity contribution in [2.24, 2.45) is 0 Å². The third-order valence-corrected chi connectivity index (χ3v) is 2.88. The summed E-state index contributed by atoms with van der Waals surface area (Å²) >= 11 is 0. The van der Waals surface area contributed by atoms with E-state index < -0.39 is 33.5 Å². The zero-order valence-corrected chi connectivity index (χ0v) is 16.9. The van der Waals surface area contributed by atoms with Gasteiger partial charge in [-0.05, 0) is 18.2 Å². The van der Waals surface area contributed by atoms with Gasteiger partial charge in [0.2, 0.25) is 0 Å². The van der Waals surface area contributed by atoms with E-state index in [4.69, 9.17) is 0 Å². The van der Waals surface area contributed by atoms with Gasteiger partial charge in [0.25, 0.3) is 0 Å². The predicted octanol–water partition coefficient (Wildman–Crippen LogP) is 0.361. The second-order valence-electron chi connectivity index (χ2n) is 4.92. The summed E-state index contributed by atoms with van der Waals surface area (Å²) in [4.78, 5) is 31.5. The van der Waals surface area contributed by atoms with Crippen molar-refractivity contribution in [1.29, 1.82) is 0 Å². The van der Waals surface area contributed by atoms with Gasteiger partial charge >= 0.3 is 49.4 Å². The summed E-state index contributed by atoms with van der Waals surface area (Å²) in [6.45, 7) is 0. The van der Waals surface area contributed by atoms with Gasteiger partial charge in [0.05, 0.1) is 0 Å². The number of hydrogen-bond donors (Lipinski definition) is 0. The minimum Gasteiger partial charge on any atom is -0.870 e. The first-order valence-corrected chi connectivity index (χ1v) is 7.71. The molecule has 0 aliphatic heterocycles. The van der Waals surface area contributed by atoms with E-state index in [2.05, 4.69) is 0 Å². The Kier molecular flexibility index (Phi) is 13.5. The van der Waals surface area contributed by atoms with Crippen molar-refractivity contribution in [1.82, 2.24) is 0 Å². The van der Waals surface area contributed by atoms with Crippen LogP contribution < -0.4 is 31.6 Å². The second-order valence-corrected chi connectivity index (χ2v) is 4.92. The van der Waals surface area contributed by atoms with Crippen LogP contribution in [0.15, 0.2) is 105 Å². The molecule has 0 atom stereocenters. The fourth-order valence-corrected chi connectivity index (χ4v) is 1.54. The van der Waals surface area contributed by atoms with E-state index in [0.29, 0.717) is 0 Å². The molecule has 0 saturated carbocycles. The van der Waals surface area contributed by atoms with Crippen LogP contribution in [0.3, 0.4) is 0 Å². The van der Waals surface area contributed by atoms with Crippen LogP contribution in [0.4, 0.5) is 0 Å². The first-order valence-electron chi connectivity index (χ1n) is 7.71. The molecular formula is C21H15EuO6. The molecule has 3 rings (SSSR count). The molecule has 142 valence electrons. The van der Waals surface area contributed by atoms with Crippen LogP contribution in [0.5, 0.6) is 17.2 Å². The van der Waals surface area contributed by atoms with Gasteiger partial charge in [-0.3, -0.25) is 14.4 Å². The van der Waals surface area contributed by atoms with Crippen LogP contribution in [-0.4, -0.2) is 0 Å². The molecule has 0 saturated heterocycles. The largest absolute Gasteiger partial charge is 3.00 e. The molecule has 0 N–H and O–H groups in total. The first-order chi connectivity index (χ1) is 12.9. The van der Waals surface area contributed by atoms with Crippen molar-refractivity contribution < 1.29 is 64.7 Å². The molecule has 3 aromatic carbocycles. The molecule has 3 aromatic rings. The van der Waals surface area contributed by atoms with Gasteiger partial charge in [-0.1, -0.05) is 90.0 Å². The van der Waals surface area contributed by atoms with E-state index in [1.54, 1.807) is 54.6 Å². The van der Waals surface area contributed by atoms with Crippen molar-refractivity contribution in [3.8, 4) is 17.2 Å². The summed E-state index contributed by atoms with van der Waals surface area (Å²) in [6, 6.07) is 21.7. The summed E-state index contributed by atoms with van der Waals surface area (Å²) in [7, 11) is 0. The van der Waals surface area contributed by atoms with Gasteiger partial charge in [0, 0.05) is 0 Å². The molecule has 0 amide bonds. The van der Waals surface area contributed by atoms with Crippen molar-refractivity contribution in [2.45, 2.75) is 0 Å². The van der Waals surface area contributed by atoms with Gasteiger partial charge < -0.3 is 15.3 Å². The van der Waals surface area contributed by atoms with Crippen LogP contribution >= 0.6 is 0 Å². The Labute approximate surface area is 201 Å². The van der Waals surface area contributed by atoms with Gasteiger partial charge in [0.15, 0.2) is 16.3 Å². The maximum Gasteiger partial charge on any atom is 3.00 e. The molecule has 0 spiro atoms. The van der Waals surface area contributed by atoms with E-state index in [1.165, 1.54) is 36.4 Å². The quantitative estimate of drug-likeness (QED) is 0.427. The van der Waals surface area contributed by atoms with Crippen molar-refractivity contribution >= 4 is 0 Å². The smallest absolute Gasteiger partial charge is 0.870 e. The average Bonchev–Trinajstić information content (AvgIpc) is 3.04. The van der Waals surface area contributed by atoms with Crippen LogP contribution in [0.2, 0.25) is 0 Å². The Morgan fingerprint density at radius 3 is 0.857 bits per heavy atom. The third kappa shape index (κ3) is 10.7. The van der Waals surface area contributed by atoms with E-state index in [0.717, 1.165) is 0 Å². The maximum atomic E-state index is 10.5. The topological polar surface area (TPSA) is 120 Å². The van der Waals surface area contributed by atoms with Gasteiger partial charge in [0.1, 0.15) is 0 Å². The Bertz CT molecular complexity index is 906. The van der Waals surface area contributed by atoms with Crippen LogP contribution in [-0.2, 0) is 0 Å². The Morgan fingerprint density at radius 1 is 0.393 bits per heavy atom. The van der Waals surface area contributed by atoms with Gasteiger partial charge in [-0.25, -0.2) is 0 Å². The Morgan fingerprint density at radius 2 is 0.607 bits per heavy atom. The van der Waals surface area contributed by atoms with Gasteiger partial charge in [-0.2, -0.15) is 0 Å². The molecular weight excluding hydrogens is 500 g/mol. The molecule has 6 nitrogen and oxygen atoms in total. The van der Waals surface area contributed by atoms with Crippen LogP contribution in [0.25, 0.3) is 0 Å². The second kappa shape index (κ2) is 14.7. The van der Waals surface area contributed by atoms with Gasteiger partial charge in [-0.15, -0.1) is 0 Å². The third-order valence-electron chi connectivity index (χ3n) is 2.88. The van der Waals surface area contributed by atoms with E-state index in [9.17, 15) is 29.7 Å². The number of rotatable bonds is 0. The van der Waals surface area contributed by atoms with E-state index in [-0.39, 0.29) is 49.4 Å². The fraction of sp³-hybridized carbons (Fsp3) is 0. The summed E-state index contributed by atoms with van der Waals surface area (Å²) in [5, 5.41) is 31.5. The summed E-state index contributed by atoms with van der Waals surface area (Å²) in [6.07, 6.45) is 0. The van der Waals surface area contributed by atoms with Crippen LogP contribution in [0.1, 0.15) is 0 Å². The Balaban J connectivity index is 0.000000384. The zero-order chi connectivity index (χ0) is 20.1. The van der Waals surface area contributed by atoms with Crippen molar-refractivity contribution in [2.75, 3.05) is 0 Å². The summed E-state index contributed by atoms with van der Waals surface area (Å²) in [5.41, 5.74) is -1.37. The Hall–Kier alpha value is -2.35. The molecule has 0 bridgehead atoms. The predicted molar refractivity (Wildman–Crippen MR) is 96.5 cm³/mol. The molecule has 0 aliphatic rings. The summed E-state index contributed by atoms with van der Waals surface area (Å²) in [5.74, 6) is -1.37. The molecule has 0 fully saturated rings. The minimum atomic E-state index is -0.458. The molecule has 0 aromatic heterocycles. The molecule has 0 aliphatic carbocycles. The van der Waals surface area contributed by atoms with E-state index >= 15 is 0 Å². The average molecular weight is 515 g/mol. The maximum absolute atomic E-state index is 10.5. The monoisotopic (exact) mass is 516 g/mol. The van der Waals surface area contributed by atoms with Crippen molar-refractivity contribution in [3.63, 3.8) is 0 Å². The first kappa shape index (κ1) is 25.7. The van der Waals surface area contributed by atoms with Crippen molar-refractivity contribution in [3.05, 3.63) is 122 Å². The standard InChI is InChI=1S/3C7H6O2.Eu/c3*8-6-4-2-1-3-5-7(6)9;/h3*1-5H,(H,8,9);/q;;;+3/p-3. The molecule has 7 heteroatoms. The van der Waals surface area contributed by atoms with E-state index in [1.807, 2.05) is 0 Å². The molecule has 0 unspecified atom stereocenters. The minimum absolute atomic E-state index is 0. The molecule has 28 heavy (non-hydrogen) atoms. The fourth-order valence-electron chi connectivity index (χ4n) is 1.54.